The number of para-hydroxylation sites is 1. The first-order valence-corrected chi connectivity index (χ1v) is 6.82. The number of fused-ring (bicyclic) bond motifs is 1. The number of aromatic carboxylic acids is 1. The number of rotatable bonds is 6. The van der Waals surface area contributed by atoms with Crippen LogP contribution in [0, 0.1) is 0 Å². The van der Waals surface area contributed by atoms with Gasteiger partial charge in [0.2, 0.25) is 0 Å². The molecule has 4 nitrogen and oxygen atoms in total. The Hall–Kier alpha value is -1.46. The molecule has 0 aliphatic rings. The van der Waals surface area contributed by atoms with Gasteiger partial charge in [0, 0.05) is 12.0 Å². The smallest absolute Gasteiger partial charge is 0.339 e. The zero-order valence-electron chi connectivity index (χ0n) is 9.76. The topological polar surface area (TPSA) is 70.7 Å². The Kier molecular flexibility index (Phi) is 4.28. The van der Waals surface area contributed by atoms with E-state index in [2.05, 4.69) is 0 Å². The molecule has 0 aliphatic heterocycles. The molecule has 0 unspecified atom stereocenters. The van der Waals surface area contributed by atoms with Gasteiger partial charge in [-0.15, -0.1) is 0 Å². The van der Waals surface area contributed by atoms with Crippen molar-refractivity contribution in [1.29, 1.82) is 0 Å². The zero-order chi connectivity index (χ0) is 13.0. The van der Waals surface area contributed by atoms with Crippen LogP contribution in [0.3, 0.4) is 0 Å². The van der Waals surface area contributed by atoms with Crippen LogP contribution in [0.1, 0.15) is 22.5 Å². The first kappa shape index (κ1) is 13.0. The predicted octanol–water partition coefficient (Wildman–Crippen LogP) is 2.75. The summed E-state index contributed by atoms with van der Waals surface area (Å²) < 4.78 is 5.58. The summed E-state index contributed by atoms with van der Waals surface area (Å²) in [6.45, 7) is 0.152. The molecule has 2 aromatic rings. The second-order valence-electron chi connectivity index (χ2n) is 3.83. The van der Waals surface area contributed by atoms with Gasteiger partial charge in [0.05, 0.1) is 5.75 Å². The molecule has 0 amide bonds. The van der Waals surface area contributed by atoms with Crippen LogP contribution < -0.4 is 0 Å². The maximum atomic E-state index is 11.3. The molecule has 0 bridgehead atoms. The number of thioether (sulfide) groups is 1. The van der Waals surface area contributed by atoms with Gasteiger partial charge in [-0.1, -0.05) is 18.2 Å². The van der Waals surface area contributed by atoms with E-state index in [0.29, 0.717) is 28.9 Å². The molecule has 1 aromatic heterocycles. The van der Waals surface area contributed by atoms with Crippen molar-refractivity contribution in [1.82, 2.24) is 0 Å². The summed E-state index contributed by atoms with van der Waals surface area (Å²) in [5.41, 5.74) is 0.856. The van der Waals surface area contributed by atoms with Crippen LogP contribution in [0.2, 0.25) is 0 Å². The molecule has 1 heterocycles. The van der Waals surface area contributed by atoms with Crippen LogP contribution in [-0.4, -0.2) is 28.5 Å². The standard InChI is InChI=1S/C13H14O4S/c14-6-3-7-18-8-11-12(13(15)16)9-4-1-2-5-10(9)17-11/h1-2,4-5,14H,3,6-8H2,(H,15,16). The number of carboxylic acids is 1. The molecule has 0 radical (unpaired) electrons. The average Bonchev–Trinajstić information content (AvgIpc) is 2.73. The van der Waals surface area contributed by atoms with Gasteiger partial charge in [-0.3, -0.25) is 0 Å². The van der Waals surface area contributed by atoms with E-state index in [1.807, 2.05) is 6.07 Å². The third-order valence-corrected chi connectivity index (χ3v) is 3.61. The fraction of sp³-hybridized carbons (Fsp3) is 0.308. The fourth-order valence-corrected chi connectivity index (χ4v) is 2.63. The monoisotopic (exact) mass is 266 g/mol. The van der Waals surface area contributed by atoms with Crippen LogP contribution in [0.4, 0.5) is 0 Å². The Labute approximate surface area is 109 Å². The fourth-order valence-electron chi connectivity index (χ4n) is 1.76. The minimum atomic E-state index is -0.960. The lowest BCUT2D eigenvalue weighted by molar-refractivity contribution is 0.0697. The summed E-state index contributed by atoms with van der Waals surface area (Å²) in [4.78, 5) is 11.3. The molecule has 96 valence electrons. The van der Waals surface area contributed by atoms with E-state index >= 15 is 0 Å². The Morgan fingerprint density at radius 3 is 2.83 bits per heavy atom. The third kappa shape index (κ3) is 2.68. The van der Waals surface area contributed by atoms with Crippen molar-refractivity contribution in [2.24, 2.45) is 0 Å². The van der Waals surface area contributed by atoms with E-state index < -0.39 is 5.97 Å². The molecule has 1 aromatic carbocycles. The van der Waals surface area contributed by atoms with Gasteiger partial charge in [-0.2, -0.15) is 11.8 Å². The molecule has 0 aliphatic carbocycles. The van der Waals surface area contributed by atoms with Crippen molar-refractivity contribution >= 4 is 28.7 Å². The molecule has 2 rings (SSSR count). The second-order valence-corrected chi connectivity index (χ2v) is 4.94. The molecule has 0 atom stereocenters. The van der Waals surface area contributed by atoms with Gasteiger partial charge >= 0.3 is 5.97 Å². The highest BCUT2D eigenvalue weighted by atomic mass is 32.2. The number of benzene rings is 1. The largest absolute Gasteiger partial charge is 0.478 e. The first-order chi connectivity index (χ1) is 8.74. The number of furan rings is 1. The predicted molar refractivity (Wildman–Crippen MR) is 71.0 cm³/mol. The lowest BCUT2D eigenvalue weighted by Crippen LogP contribution is -1.99. The van der Waals surface area contributed by atoms with Crippen LogP contribution in [0.5, 0.6) is 0 Å². The maximum Gasteiger partial charge on any atom is 0.339 e. The number of carboxylic acid groups (broad SMARTS) is 1. The van der Waals surface area contributed by atoms with Crippen molar-refractivity contribution in [3.8, 4) is 0 Å². The van der Waals surface area contributed by atoms with Crippen LogP contribution in [-0.2, 0) is 5.75 Å². The van der Waals surface area contributed by atoms with Gasteiger partial charge in [0.15, 0.2) is 0 Å². The van der Waals surface area contributed by atoms with Crippen molar-refractivity contribution in [2.45, 2.75) is 12.2 Å². The first-order valence-electron chi connectivity index (χ1n) is 5.66. The van der Waals surface area contributed by atoms with E-state index in [0.717, 1.165) is 5.75 Å². The number of hydrogen-bond donors (Lipinski definition) is 2. The van der Waals surface area contributed by atoms with Crippen molar-refractivity contribution in [3.05, 3.63) is 35.6 Å². The second kappa shape index (κ2) is 5.93. The van der Waals surface area contributed by atoms with Gasteiger partial charge < -0.3 is 14.6 Å². The summed E-state index contributed by atoms with van der Waals surface area (Å²) in [7, 11) is 0. The number of aliphatic hydroxyl groups excluding tert-OH is 1. The molecule has 0 spiro atoms. The van der Waals surface area contributed by atoms with Gasteiger partial charge in [-0.05, 0) is 18.2 Å². The number of carbonyl (C=O) groups is 1. The molecular formula is C13H14O4S. The molecule has 2 N–H and O–H groups in total. The van der Waals surface area contributed by atoms with Gasteiger partial charge in [0.25, 0.3) is 0 Å². The summed E-state index contributed by atoms with van der Waals surface area (Å²) in [6, 6.07) is 7.14. The molecule has 18 heavy (non-hydrogen) atoms. The van der Waals surface area contributed by atoms with E-state index in [9.17, 15) is 9.90 Å². The van der Waals surface area contributed by atoms with E-state index in [1.165, 1.54) is 0 Å². The van der Waals surface area contributed by atoms with Crippen molar-refractivity contribution in [2.75, 3.05) is 12.4 Å². The summed E-state index contributed by atoms with van der Waals surface area (Å²) in [6.07, 6.45) is 0.702. The van der Waals surface area contributed by atoms with Crippen LogP contribution in [0.25, 0.3) is 11.0 Å². The highest BCUT2D eigenvalue weighted by Crippen LogP contribution is 2.28. The van der Waals surface area contributed by atoms with Crippen LogP contribution in [0.15, 0.2) is 28.7 Å². The average molecular weight is 266 g/mol. The highest BCUT2D eigenvalue weighted by molar-refractivity contribution is 7.98. The van der Waals surface area contributed by atoms with E-state index in [4.69, 9.17) is 9.52 Å². The quantitative estimate of drug-likeness (QED) is 0.787. The van der Waals surface area contributed by atoms with E-state index in [1.54, 1.807) is 30.0 Å². The highest BCUT2D eigenvalue weighted by Gasteiger charge is 2.19. The Bertz CT molecular complexity index is 547. The SMILES string of the molecule is O=C(O)c1c(CSCCCO)oc2ccccc12. The van der Waals surface area contributed by atoms with Crippen LogP contribution >= 0.6 is 11.8 Å². The lowest BCUT2D eigenvalue weighted by atomic mass is 10.1. The Morgan fingerprint density at radius 2 is 2.11 bits per heavy atom. The minimum Gasteiger partial charge on any atom is -0.478 e. The number of hydrogen-bond acceptors (Lipinski definition) is 4. The van der Waals surface area contributed by atoms with Crippen molar-refractivity contribution < 1.29 is 19.4 Å². The van der Waals surface area contributed by atoms with Crippen molar-refractivity contribution in [3.63, 3.8) is 0 Å². The Balaban J connectivity index is 2.25. The molecule has 5 heteroatoms. The molecule has 0 saturated heterocycles. The maximum absolute atomic E-state index is 11.3. The molecule has 0 saturated carbocycles. The Morgan fingerprint density at radius 1 is 1.33 bits per heavy atom. The van der Waals surface area contributed by atoms with Gasteiger partial charge in [0.1, 0.15) is 16.9 Å². The van der Waals surface area contributed by atoms with Gasteiger partial charge in [-0.25, -0.2) is 4.79 Å². The summed E-state index contributed by atoms with van der Waals surface area (Å²) in [5.74, 6) is 0.826. The zero-order valence-corrected chi connectivity index (χ0v) is 10.6. The normalized spacial score (nSPS) is 10.9. The lowest BCUT2D eigenvalue weighted by Gasteiger charge is -1.99. The number of aliphatic hydroxyl groups is 1. The molecular weight excluding hydrogens is 252 g/mol. The van der Waals surface area contributed by atoms with E-state index in [-0.39, 0.29) is 12.2 Å². The minimum absolute atomic E-state index is 0.152. The third-order valence-electron chi connectivity index (χ3n) is 2.56. The molecule has 0 fully saturated rings. The summed E-state index contributed by atoms with van der Waals surface area (Å²) >= 11 is 1.56. The summed E-state index contributed by atoms with van der Waals surface area (Å²) in [5, 5.41) is 18.6.